The number of hydrogen-bond donors (Lipinski definition) is 1. The number of alkyl halides is 2. The zero-order valence-electron chi connectivity index (χ0n) is 13.4. The second kappa shape index (κ2) is 7.43. The third-order valence-corrected chi connectivity index (χ3v) is 5.19. The standard InChI is InChI=1S/C15H20F2N2O4S/c1-10(11-5-7-12(8-6-11)23-15(16)17)18-14(20)13-4-3-9-19(13)24(2,21)22/h5-8,10,13,15H,3-4,9H2,1-2H3,(H,18,20)/t10-,13+/m0/s1. The van der Waals surface area contributed by atoms with Gasteiger partial charge in [-0.2, -0.15) is 13.1 Å². The Morgan fingerprint density at radius 1 is 1.33 bits per heavy atom. The molecule has 0 spiro atoms. The van der Waals surface area contributed by atoms with Crippen molar-refractivity contribution in [1.82, 2.24) is 9.62 Å². The van der Waals surface area contributed by atoms with Gasteiger partial charge >= 0.3 is 6.61 Å². The lowest BCUT2D eigenvalue weighted by atomic mass is 10.1. The van der Waals surface area contributed by atoms with Crippen LogP contribution >= 0.6 is 0 Å². The molecule has 1 heterocycles. The molecule has 1 aliphatic heterocycles. The smallest absolute Gasteiger partial charge is 0.387 e. The van der Waals surface area contributed by atoms with E-state index in [9.17, 15) is 22.0 Å². The fraction of sp³-hybridized carbons (Fsp3) is 0.533. The summed E-state index contributed by atoms with van der Waals surface area (Å²) in [6, 6.07) is 4.84. The van der Waals surface area contributed by atoms with Crippen LogP contribution in [0.25, 0.3) is 0 Å². The van der Waals surface area contributed by atoms with Crippen molar-refractivity contribution in [3.05, 3.63) is 29.8 Å². The quantitative estimate of drug-likeness (QED) is 0.839. The average molecular weight is 362 g/mol. The topological polar surface area (TPSA) is 75.7 Å². The molecule has 9 heteroatoms. The molecule has 24 heavy (non-hydrogen) atoms. The van der Waals surface area contributed by atoms with E-state index in [0.717, 1.165) is 6.26 Å². The predicted octanol–water partition coefficient (Wildman–Crippen LogP) is 1.89. The van der Waals surface area contributed by atoms with Crippen molar-refractivity contribution in [2.45, 2.75) is 38.5 Å². The molecule has 134 valence electrons. The number of hydrogen-bond acceptors (Lipinski definition) is 4. The van der Waals surface area contributed by atoms with Crippen molar-refractivity contribution in [3.8, 4) is 5.75 Å². The molecule has 1 aromatic rings. The molecular weight excluding hydrogens is 342 g/mol. The lowest BCUT2D eigenvalue weighted by molar-refractivity contribution is -0.124. The molecule has 1 aliphatic rings. The van der Waals surface area contributed by atoms with Gasteiger partial charge in [-0.25, -0.2) is 8.42 Å². The molecule has 1 amide bonds. The van der Waals surface area contributed by atoms with E-state index in [1.807, 2.05) is 0 Å². The van der Waals surface area contributed by atoms with Gasteiger partial charge in [-0.1, -0.05) is 12.1 Å². The SMILES string of the molecule is C[C@H](NC(=O)[C@H]1CCCN1S(C)(=O)=O)c1ccc(OC(F)F)cc1. The zero-order chi connectivity index (χ0) is 17.9. The molecule has 0 unspecified atom stereocenters. The van der Waals surface area contributed by atoms with Gasteiger partial charge in [0.25, 0.3) is 0 Å². The van der Waals surface area contributed by atoms with E-state index in [4.69, 9.17) is 0 Å². The number of rotatable bonds is 6. The number of halogens is 2. The maximum atomic E-state index is 12.4. The van der Waals surface area contributed by atoms with E-state index >= 15 is 0 Å². The number of carbonyl (C=O) groups is 1. The highest BCUT2D eigenvalue weighted by atomic mass is 32.2. The van der Waals surface area contributed by atoms with Gasteiger partial charge in [0, 0.05) is 6.54 Å². The fourth-order valence-corrected chi connectivity index (χ4v) is 3.85. The summed E-state index contributed by atoms with van der Waals surface area (Å²) in [4.78, 5) is 12.4. The first kappa shape index (κ1) is 18.6. The van der Waals surface area contributed by atoms with Crippen molar-refractivity contribution >= 4 is 15.9 Å². The molecule has 2 atom stereocenters. The van der Waals surface area contributed by atoms with Gasteiger partial charge in [0.15, 0.2) is 0 Å². The van der Waals surface area contributed by atoms with Gasteiger partial charge in [0.1, 0.15) is 11.8 Å². The van der Waals surface area contributed by atoms with Crippen molar-refractivity contribution in [2.24, 2.45) is 0 Å². The fourth-order valence-electron chi connectivity index (χ4n) is 2.73. The first-order valence-electron chi connectivity index (χ1n) is 7.50. The molecule has 1 saturated heterocycles. The minimum Gasteiger partial charge on any atom is -0.435 e. The van der Waals surface area contributed by atoms with Crippen LogP contribution < -0.4 is 10.1 Å². The average Bonchev–Trinajstić information content (AvgIpc) is 2.97. The minimum absolute atomic E-state index is 0.0336. The maximum Gasteiger partial charge on any atom is 0.387 e. The van der Waals surface area contributed by atoms with Gasteiger partial charge < -0.3 is 10.1 Å². The number of sulfonamides is 1. The summed E-state index contributed by atoms with van der Waals surface area (Å²) in [7, 11) is -3.43. The zero-order valence-corrected chi connectivity index (χ0v) is 14.2. The van der Waals surface area contributed by atoms with Crippen molar-refractivity contribution < 1.29 is 26.7 Å². The van der Waals surface area contributed by atoms with Crippen molar-refractivity contribution in [1.29, 1.82) is 0 Å². The van der Waals surface area contributed by atoms with Crippen LogP contribution in [0.3, 0.4) is 0 Å². The Labute approximate surface area is 139 Å². The predicted molar refractivity (Wildman–Crippen MR) is 84.2 cm³/mol. The summed E-state index contributed by atoms with van der Waals surface area (Å²) in [5.74, 6) is -0.329. The Balaban J connectivity index is 2.01. The van der Waals surface area contributed by atoms with Crippen molar-refractivity contribution in [3.63, 3.8) is 0 Å². The molecule has 0 aliphatic carbocycles. The normalized spacial score (nSPS) is 20.1. The third-order valence-electron chi connectivity index (χ3n) is 3.90. The van der Waals surface area contributed by atoms with Gasteiger partial charge in [-0.3, -0.25) is 4.79 Å². The molecule has 1 fully saturated rings. The Kier molecular flexibility index (Phi) is 5.76. The Morgan fingerprint density at radius 2 is 1.96 bits per heavy atom. The highest BCUT2D eigenvalue weighted by Crippen LogP contribution is 2.23. The van der Waals surface area contributed by atoms with E-state index < -0.39 is 22.7 Å². The number of carbonyl (C=O) groups excluding carboxylic acids is 1. The molecule has 0 saturated carbocycles. The Bertz CT molecular complexity index is 679. The third kappa shape index (κ3) is 4.64. The summed E-state index contributed by atoms with van der Waals surface area (Å²) in [6.07, 6.45) is 2.20. The highest BCUT2D eigenvalue weighted by molar-refractivity contribution is 7.88. The van der Waals surface area contributed by atoms with E-state index in [2.05, 4.69) is 10.1 Å². The van der Waals surface area contributed by atoms with Crippen LogP contribution in [0, 0.1) is 0 Å². The summed E-state index contributed by atoms with van der Waals surface area (Å²) in [5.41, 5.74) is 0.703. The van der Waals surface area contributed by atoms with E-state index in [0.29, 0.717) is 24.9 Å². The van der Waals surface area contributed by atoms with Crippen LogP contribution in [0.4, 0.5) is 8.78 Å². The van der Waals surface area contributed by atoms with Gasteiger partial charge in [0.05, 0.1) is 12.3 Å². The maximum absolute atomic E-state index is 12.4. The van der Waals surface area contributed by atoms with Crippen LogP contribution in [0.5, 0.6) is 5.75 Å². The highest BCUT2D eigenvalue weighted by Gasteiger charge is 2.36. The minimum atomic E-state index is -3.43. The van der Waals surface area contributed by atoms with Crippen LogP contribution in [-0.2, 0) is 14.8 Å². The number of ether oxygens (including phenoxy) is 1. The molecule has 0 bridgehead atoms. The largest absolute Gasteiger partial charge is 0.435 e. The van der Waals surface area contributed by atoms with E-state index in [1.54, 1.807) is 19.1 Å². The molecule has 6 nitrogen and oxygen atoms in total. The van der Waals surface area contributed by atoms with Crippen LogP contribution in [0.15, 0.2) is 24.3 Å². The summed E-state index contributed by atoms with van der Waals surface area (Å²) in [6.45, 7) is -0.816. The molecule has 0 radical (unpaired) electrons. The summed E-state index contributed by atoms with van der Waals surface area (Å²) < 4.78 is 53.1. The summed E-state index contributed by atoms with van der Waals surface area (Å²) >= 11 is 0. The number of benzene rings is 1. The lowest BCUT2D eigenvalue weighted by Gasteiger charge is -2.23. The first-order chi connectivity index (χ1) is 11.2. The lowest BCUT2D eigenvalue weighted by Crippen LogP contribution is -2.46. The molecule has 2 rings (SSSR count). The number of nitrogens with zero attached hydrogens (tertiary/aromatic N) is 1. The van der Waals surface area contributed by atoms with E-state index in [1.165, 1.54) is 16.4 Å². The van der Waals surface area contributed by atoms with E-state index in [-0.39, 0.29) is 17.7 Å². The summed E-state index contributed by atoms with van der Waals surface area (Å²) in [5, 5.41) is 2.77. The molecular formula is C15H20F2N2O4S. The first-order valence-corrected chi connectivity index (χ1v) is 9.35. The Hall–Kier alpha value is -1.74. The number of nitrogens with one attached hydrogen (secondary N) is 1. The molecule has 0 aromatic heterocycles. The molecule has 1 N–H and O–H groups in total. The van der Waals surface area contributed by atoms with Gasteiger partial charge in [-0.15, -0.1) is 0 Å². The Morgan fingerprint density at radius 3 is 2.50 bits per heavy atom. The van der Waals surface area contributed by atoms with Crippen LogP contribution in [-0.4, -0.2) is 44.1 Å². The molecule has 1 aromatic carbocycles. The second-order valence-electron chi connectivity index (χ2n) is 5.71. The van der Waals surface area contributed by atoms with Crippen LogP contribution in [0.1, 0.15) is 31.4 Å². The van der Waals surface area contributed by atoms with Gasteiger partial charge in [0.2, 0.25) is 15.9 Å². The second-order valence-corrected chi connectivity index (χ2v) is 7.64. The van der Waals surface area contributed by atoms with Crippen LogP contribution in [0.2, 0.25) is 0 Å². The van der Waals surface area contributed by atoms with Crippen molar-refractivity contribution in [2.75, 3.05) is 12.8 Å². The monoisotopic (exact) mass is 362 g/mol. The van der Waals surface area contributed by atoms with Gasteiger partial charge in [-0.05, 0) is 37.5 Å². The number of amides is 1.